The van der Waals surface area contributed by atoms with Gasteiger partial charge in [0.1, 0.15) is 16.5 Å². The number of pyridine rings is 1. The molecule has 1 N–H and O–H groups in total. The van der Waals surface area contributed by atoms with E-state index in [4.69, 9.17) is 4.74 Å². The monoisotopic (exact) mass is 365 g/mol. The number of aromatic nitrogens is 3. The van der Waals surface area contributed by atoms with Gasteiger partial charge in [-0.3, -0.25) is 4.98 Å². The number of imidazole rings is 1. The van der Waals surface area contributed by atoms with Crippen LogP contribution in [0.3, 0.4) is 0 Å². The smallest absolute Gasteiger partial charge is 0.210 e. The van der Waals surface area contributed by atoms with E-state index < -0.39 is 9.84 Å². The number of ether oxygens (including phenoxy) is 1. The summed E-state index contributed by atoms with van der Waals surface area (Å²) in [5.41, 5.74) is 2.17. The zero-order chi connectivity index (χ0) is 18.1. The van der Waals surface area contributed by atoms with Gasteiger partial charge in [-0.25, -0.2) is 13.4 Å². The van der Waals surface area contributed by atoms with Gasteiger partial charge in [-0.1, -0.05) is 30.3 Å². The molecule has 0 radical (unpaired) electrons. The lowest BCUT2D eigenvalue weighted by Crippen LogP contribution is -2.04. The number of benzene rings is 2. The van der Waals surface area contributed by atoms with Gasteiger partial charge in [0.25, 0.3) is 0 Å². The van der Waals surface area contributed by atoms with Gasteiger partial charge in [0.2, 0.25) is 9.84 Å². The van der Waals surface area contributed by atoms with Crippen molar-refractivity contribution in [3.63, 3.8) is 0 Å². The summed E-state index contributed by atoms with van der Waals surface area (Å²) in [6.45, 7) is 0. The van der Waals surface area contributed by atoms with Crippen molar-refractivity contribution in [2.24, 2.45) is 0 Å². The summed E-state index contributed by atoms with van der Waals surface area (Å²) < 4.78 is 31.3. The number of H-pyrrole nitrogens is 1. The van der Waals surface area contributed by atoms with E-state index in [1.54, 1.807) is 12.1 Å². The molecule has 26 heavy (non-hydrogen) atoms. The van der Waals surface area contributed by atoms with Gasteiger partial charge in [0, 0.05) is 24.0 Å². The van der Waals surface area contributed by atoms with Crippen molar-refractivity contribution < 1.29 is 13.2 Å². The number of methoxy groups -OCH3 is 1. The summed E-state index contributed by atoms with van der Waals surface area (Å²) in [5, 5.41) is 0. The fourth-order valence-electron chi connectivity index (χ4n) is 2.76. The highest BCUT2D eigenvalue weighted by Crippen LogP contribution is 2.33. The largest absolute Gasteiger partial charge is 0.495 e. The van der Waals surface area contributed by atoms with Crippen LogP contribution in [0.15, 0.2) is 76.8 Å². The van der Waals surface area contributed by atoms with Crippen LogP contribution >= 0.6 is 0 Å². The first kappa shape index (κ1) is 16.3. The molecule has 4 aromatic rings. The zero-order valence-electron chi connectivity index (χ0n) is 13.9. The Hall–Kier alpha value is -3.19. The van der Waals surface area contributed by atoms with Crippen LogP contribution in [-0.4, -0.2) is 30.5 Å². The minimum atomic E-state index is -3.74. The van der Waals surface area contributed by atoms with Crippen LogP contribution < -0.4 is 4.74 Å². The van der Waals surface area contributed by atoms with Crippen molar-refractivity contribution >= 4 is 20.9 Å². The second-order valence-electron chi connectivity index (χ2n) is 5.66. The van der Waals surface area contributed by atoms with Gasteiger partial charge < -0.3 is 9.72 Å². The normalized spacial score (nSPS) is 11.6. The van der Waals surface area contributed by atoms with Gasteiger partial charge in [-0.15, -0.1) is 0 Å². The topological polar surface area (TPSA) is 84.9 Å². The van der Waals surface area contributed by atoms with E-state index >= 15 is 0 Å². The molecule has 0 saturated carbocycles. The highest BCUT2D eigenvalue weighted by Gasteiger charge is 2.24. The molecule has 0 saturated heterocycles. The Labute approximate surface area is 150 Å². The van der Waals surface area contributed by atoms with Crippen molar-refractivity contribution in [1.82, 2.24) is 15.0 Å². The molecule has 4 rings (SSSR count). The third kappa shape index (κ3) is 2.72. The average molecular weight is 365 g/mol. The first-order valence-electron chi connectivity index (χ1n) is 7.88. The minimum absolute atomic E-state index is 0.0851. The second-order valence-corrected chi connectivity index (χ2v) is 7.58. The highest BCUT2D eigenvalue weighted by atomic mass is 32.2. The summed E-state index contributed by atoms with van der Waals surface area (Å²) in [4.78, 5) is 11.8. The SMILES string of the molecule is COc1cc2nc(-c3ccccc3)[nH]c2cc1S(=O)(=O)c1ccncc1. The van der Waals surface area contributed by atoms with Gasteiger partial charge >= 0.3 is 0 Å². The maximum atomic E-state index is 13.0. The molecule has 0 atom stereocenters. The Bertz CT molecular complexity index is 1170. The first-order chi connectivity index (χ1) is 12.6. The molecule has 0 amide bonds. The van der Waals surface area contributed by atoms with Crippen LogP contribution in [-0.2, 0) is 9.84 Å². The van der Waals surface area contributed by atoms with E-state index in [0.29, 0.717) is 16.9 Å². The number of hydrogen-bond donors (Lipinski definition) is 1. The van der Waals surface area contributed by atoms with Crippen LogP contribution in [0.1, 0.15) is 0 Å². The molecule has 0 fully saturated rings. The molecule has 0 unspecified atom stereocenters. The van der Waals surface area contributed by atoms with Crippen molar-refractivity contribution in [3.05, 3.63) is 67.0 Å². The molecule has 0 aliphatic carbocycles. The van der Waals surface area contributed by atoms with Gasteiger partial charge in [0.05, 0.1) is 23.0 Å². The number of aromatic amines is 1. The minimum Gasteiger partial charge on any atom is -0.495 e. The highest BCUT2D eigenvalue weighted by molar-refractivity contribution is 7.91. The molecule has 0 aliphatic heterocycles. The van der Waals surface area contributed by atoms with Crippen molar-refractivity contribution in [2.75, 3.05) is 7.11 Å². The summed E-state index contributed by atoms with van der Waals surface area (Å²) >= 11 is 0. The molecular formula is C19H15N3O3S. The van der Waals surface area contributed by atoms with Gasteiger partial charge in [0.15, 0.2) is 0 Å². The number of sulfone groups is 1. The zero-order valence-corrected chi connectivity index (χ0v) is 14.7. The van der Waals surface area contributed by atoms with Crippen molar-refractivity contribution in [3.8, 4) is 17.1 Å². The Kier molecular flexibility index (Phi) is 3.93. The lowest BCUT2D eigenvalue weighted by Gasteiger charge is -2.09. The average Bonchev–Trinajstić information content (AvgIpc) is 3.11. The number of nitrogens with zero attached hydrogens (tertiary/aromatic N) is 2. The summed E-state index contributed by atoms with van der Waals surface area (Å²) in [6, 6.07) is 15.7. The molecule has 6 nitrogen and oxygen atoms in total. The lowest BCUT2D eigenvalue weighted by molar-refractivity contribution is 0.403. The maximum Gasteiger partial charge on any atom is 0.210 e. The molecular weight excluding hydrogens is 350 g/mol. The predicted octanol–water partition coefficient (Wildman–Crippen LogP) is 3.47. The van der Waals surface area contributed by atoms with E-state index in [9.17, 15) is 8.42 Å². The fraction of sp³-hybridized carbons (Fsp3) is 0.0526. The lowest BCUT2D eigenvalue weighted by atomic mass is 10.2. The molecule has 0 spiro atoms. The van der Waals surface area contributed by atoms with Crippen LogP contribution in [0.25, 0.3) is 22.4 Å². The summed E-state index contributed by atoms with van der Waals surface area (Å²) in [7, 11) is -2.30. The van der Waals surface area contributed by atoms with E-state index in [-0.39, 0.29) is 15.5 Å². The predicted molar refractivity (Wildman–Crippen MR) is 97.8 cm³/mol. The summed E-state index contributed by atoms with van der Waals surface area (Å²) in [6.07, 6.45) is 2.89. The molecule has 0 bridgehead atoms. The second kappa shape index (κ2) is 6.27. The third-order valence-corrected chi connectivity index (χ3v) is 5.85. The van der Waals surface area contributed by atoms with E-state index in [1.165, 1.54) is 31.6 Å². The Balaban J connectivity index is 1.91. The molecule has 2 aromatic heterocycles. The molecule has 7 heteroatoms. The number of rotatable bonds is 4. The van der Waals surface area contributed by atoms with E-state index in [0.717, 1.165) is 5.56 Å². The van der Waals surface area contributed by atoms with Gasteiger partial charge in [-0.05, 0) is 18.2 Å². The van der Waals surface area contributed by atoms with E-state index in [1.807, 2.05) is 30.3 Å². The number of hydrogen-bond acceptors (Lipinski definition) is 5. The summed E-state index contributed by atoms with van der Waals surface area (Å²) in [5.74, 6) is 0.918. The standard InChI is InChI=1S/C19H15N3O3S/c1-25-17-11-15-16(22-19(21-15)13-5-3-2-4-6-13)12-18(17)26(23,24)14-7-9-20-10-8-14/h2-12H,1H3,(H,21,22). The Morgan fingerprint density at radius 1 is 1.00 bits per heavy atom. The maximum absolute atomic E-state index is 13.0. The first-order valence-corrected chi connectivity index (χ1v) is 9.36. The Morgan fingerprint density at radius 3 is 2.42 bits per heavy atom. The van der Waals surface area contributed by atoms with Crippen molar-refractivity contribution in [2.45, 2.75) is 9.79 Å². The fourth-order valence-corrected chi connectivity index (χ4v) is 4.18. The van der Waals surface area contributed by atoms with Crippen LogP contribution in [0.4, 0.5) is 0 Å². The van der Waals surface area contributed by atoms with Crippen LogP contribution in [0, 0.1) is 0 Å². The number of nitrogens with one attached hydrogen (secondary N) is 1. The van der Waals surface area contributed by atoms with Gasteiger partial charge in [-0.2, -0.15) is 0 Å². The van der Waals surface area contributed by atoms with Crippen molar-refractivity contribution in [1.29, 1.82) is 0 Å². The third-order valence-electron chi connectivity index (χ3n) is 4.06. The van der Waals surface area contributed by atoms with E-state index in [2.05, 4.69) is 15.0 Å². The molecule has 2 aromatic carbocycles. The Morgan fingerprint density at radius 2 is 1.73 bits per heavy atom. The number of fused-ring (bicyclic) bond motifs is 1. The van der Waals surface area contributed by atoms with Crippen LogP contribution in [0.5, 0.6) is 5.75 Å². The molecule has 0 aliphatic rings. The molecule has 130 valence electrons. The molecule has 2 heterocycles. The van der Waals surface area contributed by atoms with Crippen LogP contribution in [0.2, 0.25) is 0 Å². The quantitative estimate of drug-likeness (QED) is 0.599.